The summed E-state index contributed by atoms with van der Waals surface area (Å²) in [6, 6.07) is 5.16. The first-order chi connectivity index (χ1) is 15.6. The minimum atomic E-state index is -0.828. The zero-order valence-corrected chi connectivity index (χ0v) is 18.6. The summed E-state index contributed by atoms with van der Waals surface area (Å²) in [4.78, 5) is 30.4. The third-order valence-electron chi connectivity index (χ3n) is 4.98. The van der Waals surface area contributed by atoms with Crippen LogP contribution in [-0.2, 0) is 9.47 Å². The fourth-order valence-electron chi connectivity index (χ4n) is 3.53. The molecule has 1 fully saturated rings. The first-order valence-corrected chi connectivity index (χ1v) is 10.3. The number of halogens is 1. The minimum Gasteiger partial charge on any atom is -0.444 e. The molecule has 1 aliphatic rings. The smallest absolute Gasteiger partial charge is 0.414 e. The summed E-state index contributed by atoms with van der Waals surface area (Å²) in [5.74, 6) is 0.107. The van der Waals surface area contributed by atoms with E-state index in [1.54, 1.807) is 62.9 Å². The Morgan fingerprint density at radius 3 is 2.73 bits per heavy atom. The molecule has 0 bridgehead atoms. The number of amides is 2. The molecule has 3 aromatic rings. The number of imidazole rings is 1. The van der Waals surface area contributed by atoms with Crippen LogP contribution in [0.1, 0.15) is 38.3 Å². The summed E-state index contributed by atoms with van der Waals surface area (Å²) in [6.45, 7) is 7.02. The second kappa shape index (κ2) is 8.57. The molecule has 0 saturated carbocycles. The van der Waals surface area contributed by atoms with E-state index in [-0.39, 0.29) is 6.54 Å². The van der Waals surface area contributed by atoms with E-state index >= 15 is 0 Å². The van der Waals surface area contributed by atoms with Gasteiger partial charge in [-0.05, 0) is 45.9 Å². The lowest BCUT2D eigenvalue weighted by atomic mass is 10.1. The van der Waals surface area contributed by atoms with Gasteiger partial charge in [-0.3, -0.25) is 4.90 Å². The van der Waals surface area contributed by atoms with E-state index in [2.05, 4.69) is 15.5 Å². The summed E-state index contributed by atoms with van der Waals surface area (Å²) in [6.07, 6.45) is 2.39. The largest absolute Gasteiger partial charge is 0.444 e. The van der Waals surface area contributed by atoms with Gasteiger partial charge in [0.15, 0.2) is 0 Å². The van der Waals surface area contributed by atoms with Crippen LogP contribution in [0.2, 0.25) is 0 Å². The number of hydrogen-bond donors (Lipinski definition) is 1. The second-order valence-corrected chi connectivity index (χ2v) is 8.56. The van der Waals surface area contributed by atoms with Crippen molar-refractivity contribution < 1.29 is 28.0 Å². The minimum absolute atomic E-state index is 0.0506. The molecule has 3 heterocycles. The second-order valence-electron chi connectivity index (χ2n) is 8.56. The molecular formula is C22H24FN5O5. The molecule has 1 aliphatic heterocycles. The molecule has 0 radical (unpaired) electrons. The number of hydrogen-bond acceptors (Lipinski definition) is 7. The van der Waals surface area contributed by atoms with Crippen molar-refractivity contribution >= 4 is 17.9 Å². The Balaban J connectivity index is 1.55. The summed E-state index contributed by atoms with van der Waals surface area (Å²) >= 11 is 0. The van der Waals surface area contributed by atoms with Crippen molar-refractivity contribution in [3.63, 3.8) is 0 Å². The number of rotatable bonds is 5. The van der Waals surface area contributed by atoms with Crippen LogP contribution in [0.15, 0.2) is 47.4 Å². The van der Waals surface area contributed by atoms with Crippen molar-refractivity contribution in [2.75, 3.05) is 11.4 Å². The fraction of sp³-hybridized carbons (Fsp3) is 0.364. The van der Waals surface area contributed by atoms with Gasteiger partial charge in [0, 0.05) is 18.5 Å². The number of nitrogens with zero attached hydrogens (tertiary/aromatic N) is 4. The van der Waals surface area contributed by atoms with E-state index in [1.165, 1.54) is 17.2 Å². The Bertz CT molecular complexity index is 1150. The third-order valence-corrected chi connectivity index (χ3v) is 4.98. The maximum Gasteiger partial charge on any atom is 0.414 e. The normalized spacial score (nSPS) is 17.1. The van der Waals surface area contributed by atoms with Gasteiger partial charge in [0.05, 0.1) is 17.9 Å². The molecule has 2 atom stereocenters. The number of anilines is 1. The zero-order chi connectivity index (χ0) is 23.8. The number of ether oxygens (including phenoxy) is 2. The van der Waals surface area contributed by atoms with Crippen LogP contribution < -0.4 is 10.2 Å². The first kappa shape index (κ1) is 22.3. The molecule has 1 saturated heterocycles. The van der Waals surface area contributed by atoms with Crippen molar-refractivity contribution in [1.29, 1.82) is 0 Å². The number of cyclic esters (lactones) is 1. The van der Waals surface area contributed by atoms with Crippen molar-refractivity contribution in [2.24, 2.45) is 0 Å². The molecule has 2 aromatic heterocycles. The van der Waals surface area contributed by atoms with Crippen molar-refractivity contribution in [3.8, 4) is 5.69 Å². The molecule has 1 unspecified atom stereocenters. The van der Waals surface area contributed by atoms with Gasteiger partial charge in [0.2, 0.25) is 0 Å². The van der Waals surface area contributed by atoms with Gasteiger partial charge in [-0.1, -0.05) is 5.16 Å². The predicted molar refractivity (Wildman–Crippen MR) is 114 cm³/mol. The Kier molecular flexibility index (Phi) is 5.79. The van der Waals surface area contributed by atoms with Crippen LogP contribution in [0.5, 0.6) is 0 Å². The van der Waals surface area contributed by atoms with Crippen molar-refractivity contribution in [2.45, 2.75) is 45.4 Å². The molecule has 1 aromatic carbocycles. The fourth-order valence-corrected chi connectivity index (χ4v) is 3.53. The van der Waals surface area contributed by atoms with E-state index in [0.29, 0.717) is 22.9 Å². The van der Waals surface area contributed by atoms with E-state index in [1.807, 2.05) is 0 Å². The average Bonchev–Trinajstić information content (AvgIpc) is 3.46. The highest BCUT2D eigenvalue weighted by Crippen LogP contribution is 2.30. The SMILES string of the molecule is Cc1nccn1-c1ccc(N2C[C@H](C(NC(=O)OC(C)(C)C)c3ccon3)OC2=O)cc1F. The average molecular weight is 457 g/mol. The Morgan fingerprint density at radius 2 is 2.12 bits per heavy atom. The topological polar surface area (TPSA) is 112 Å². The van der Waals surface area contributed by atoms with E-state index in [4.69, 9.17) is 14.0 Å². The molecule has 0 spiro atoms. The lowest BCUT2D eigenvalue weighted by Crippen LogP contribution is -2.41. The predicted octanol–water partition coefficient (Wildman–Crippen LogP) is 3.90. The van der Waals surface area contributed by atoms with Gasteiger partial charge in [-0.2, -0.15) is 0 Å². The number of aromatic nitrogens is 3. The molecule has 4 rings (SSSR count). The maximum atomic E-state index is 14.9. The molecular weight excluding hydrogens is 433 g/mol. The molecule has 33 heavy (non-hydrogen) atoms. The molecule has 174 valence electrons. The van der Waals surface area contributed by atoms with Crippen LogP contribution >= 0.6 is 0 Å². The number of benzene rings is 1. The molecule has 0 aliphatic carbocycles. The number of carbonyl (C=O) groups is 2. The van der Waals surface area contributed by atoms with E-state index in [9.17, 15) is 14.0 Å². The summed E-state index contributed by atoms with van der Waals surface area (Å²) in [7, 11) is 0. The number of carbonyl (C=O) groups excluding carboxylic acids is 2. The van der Waals surface area contributed by atoms with Gasteiger partial charge in [-0.25, -0.2) is 19.0 Å². The van der Waals surface area contributed by atoms with Crippen molar-refractivity contribution in [1.82, 2.24) is 20.0 Å². The van der Waals surface area contributed by atoms with Gasteiger partial charge in [0.1, 0.15) is 41.3 Å². The highest BCUT2D eigenvalue weighted by molar-refractivity contribution is 5.90. The molecule has 1 N–H and O–H groups in total. The Hall–Kier alpha value is -3.89. The van der Waals surface area contributed by atoms with Gasteiger partial charge >= 0.3 is 12.2 Å². The highest BCUT2D eigenvalue weighted by Gasteiger charge is 2.41. The van der Waals surface area contributed by atoms with Crippen molar-refractivity contribution in [3.05, 3.63) is 60.3 Å². The number of nitrogens with one attached hydrogen (secondary N) is 1. The van der Waals surface area contributed by atoms with Gasteiger partial charge in [0.25, 0.3) is 0 Å². The van der Waals surface area contributed by atoms with Crippen LogP contribution in [0, 0.1) is 12.7 Å². The monoisotopic (exact) mass is 457 g/mol. The van der Waals surface area contributed by atoms with E-state index < -0.39 is 35.8 Å². The molecule has 11 heteroatoms. The van der Waals surface area contributed by atoms with Crippen LogP contribution in [0.25, 0.3) is 5.69 Å². The third kappa shape index (κ3) is 4.81. The van der Waals surface area contributed by atoms with Gasteiger partial charge < -0.3 is 23.9 Å². The first-order valence-electron chi connectivity index (χ1n) is 10.3. The zero-order valence-electron chi connectivity index (χ0n) is 18.6. The Morgan fingerprint density at radius 1 is 1.33 bits per heavy atom. The quantitative estimate of drug-likeness (QED) is 0.618. The molecule has 10 nitrogen and oxygen atoms in total. The summed E-state index contributed by atoms with van der Waals surface area (Å²) in [5.41, 5.74) is 0.268. The standard InChI is InChI=1S/C22H24FN5O5/c1-13-24-8-9-27(13)17-6-5-14(11-15(17)23)28-12-18(32-21(28)30)19(16-7-10-31-26-16)25-20(29)33-22(2,3)4/h5-11,18-19H,12H2,1-4H3,(H,25,29)/t18-,19?/m1/s1. The van der Waals surface area contributed by atoms with Gasteiger partial charge in [-0.15, -0.1) is 0 Å². The number of aryl methyl sites for hydroxylation is 1. The van der Waals surface area contributed by atoms with E-state index in [0.717, 1.165) is 0 Å². The maximum absolute atomic E-state index is 14.9. The summed E-state index contributed by atoms with van der Waals surface area (Å²) < 4.78 is 32.2. The summed E-state index contributed by atoms with van der Waals surface area (Å²) in [5, 5.41) is 6.56. The lowest BCUT2D eigenvalue weighted by molar-refractivity contribution is 0.0429. The Labute approximate surface area is 189 Å². The van der Waals surface area contributed by atoms with Crippen LogP contribution in [0.4, 0.5) is 19.7 Å². The van der Waals surface area contributed by atoms with Crippen LogP contribution in [0.3, 0.4) is 0 Å². The molecule has 2 amide bonds. The number of alkyl carbamates (subject to hydrolysis) is 1. The van der Waals surface area contributed by atoms with Crippen LogP contribution in [-0.4, -0.2) is 45.1 Å². The highest BCUT2D eigenvalue weighted by atomic mass is 19.1. The lowest BCUT2D eigenvalue weighted by Gasteiger charge is -2.25.